The molecule has 2 amide bonds. The largest absolute Gasteiger partial charge is 0.352 e. The highest BCUT2D eigenvalue weighted by Crippen LogP contribution is 2.35. The summed E-state index contributed by atoms with van der Waals surface area (Å²) in [5.74, 6) is -0.970. The zero-order chi connectivity index (χ0) is 16.4. The first kappa shape index (κ1) is 13.2. The number of para-hydroxylation sites is 1. The number of nitrogens with zero attached hydrogens (tertiary/aromatic N) is 1. The van der Waals surface area contributed by atoms with Crippen molar-refractivity contribution in [2.24, 2.45) is 0 Å². The number of carbonyl (C=O) groups excluding carboxylic acids is 3. The summed E-state index contributed by atoms with van der Waals surface area (Å²) in [5.41, 5.74) is 3.04. The second kappa shape index (κ2) is 4.41. The maximum Gasteiger partial charge on any atom is 0.262 e. The van der Waals surface area contributed by atoms with Gasteiger partial charge in [-0.05, 0) is 23.8 Å². The van der Waals surface area contributed by atoms with Crippen molar-refractivity contribution in [1.82, 2.24) is 9.88 Å². The van der Waals surface area contributed by atoms with Gasteiger partial charge in [-0.15, -0.1) is 0 Å². The number of aromatic amines is 1. The van der Waals surface area contributed by atoms with Crippen molar-refractivity contribution in [3.05, 3.63) is 70.9 Å². The van der Waals surface area contributed by atoms with Crippen molar-refractivity contribution < 1.29 is 14.4 Å². The quantitative estimate of drug-likeness (QED) is 0.701. The molecule has 0 saturated carbocycles. The number of imide groups is 1. The standard InChI is InChI=1S/C19H12N2O3/c22-17-15(9-13-10-5-3-4-8-14(10)20-16(13)17)21-18(23)11-6-1-2-7-12(11)19(21)24/h1-8,15,20H,9H2/t15-/m0/s1. The Morgan fingerprint density at radius 1 is 0.875 bits per heavy atom. The van der Waals surface area contributed by atoms with E-state index in [4.69, 9.17) is 0 Å². The summed E-state index contributed by atoms with van der Waals surface area (Å²) in [7, 11) is 0. The van der Waals surface area contributed by atoms with E-state index in [2.05, 4.69) is 4.98 Å². The van der Waals surface area contributed by atoms with Gasteiger partial charge < -0.3 is 4.98 Å². The molecule has 0 spiro atoms. The number of hydrogen-bond acceptors (Lipinski definition) is 3. The number of carbonyl (C=O) groups is 3. The molecular weight excluding hydrogens is 304 g/mol. The van der Waals surface area contributed by atoms with Crippen LogP contribution < -0.4 is 0 Å². The number of ketones is 1. The second-order valence-electron chi connectivity index (χ2n) is 6.13. The van der Waals surface area contributed by atoms with Crippen molar-refractivity contribution in [2.75, 3.05) is 0 Å². The molecule has 5 nitrogen and oxygen atoms in total. The van der Waals surface area contributed by atoms with Gasteiger partial charge in [0.05, 0.1) is 16.8 Å². The first-order valence-corrected chi connectivity index (χ1v) is 7.77. The summed E-state index contributed by atoms with van der Waals surface area (Å²) < 4.78 is 0. The van der Waals surface area contributed by atoms with E-state index in [1.165, 1.54) is 0 Å². The minimum Gasteiger partial charge on any atom is -0.352 e. The minimum atomic E-state index is -0.761. The molecular formula is C19H12N2O3. The Balaban J connectivity index is 1.59. The van der Waals surface area contributed by atoms with Crippen molar-refractivity contribution in [3.63, 3.8) is 0 Å². The van der Waals surface area contributed by atoms with E-state index in [1.54, 1.807) is 24.3 Å². The minimum absolute atomic E-state index is 0.198. The van der Waals surface area contributed by atoms with E-state index < -0.39 is 6.04 Å². The number of aromatic nitrogens is 1. The topological polar surface area (TPSA) is 70.2 Å². The summed E-state index contributed by atoms with van der Waals surface area (Å²) in [6, 6.07) is 13.6. The van der Waals surface area contributed by atoms with Crippen LogP contribution in [0.2, 0.25) is 0 Å². The van der Waals surface area contributed by atoms with Gasteiger partial charge in [-0.25, -0.2) is 0 Å². The fraction of sp³-hybridized carbons (Fsp3) is 0.105. The summed E-state index contributed by atoms with van der Waals surface area (Å²) in [6.45, 7) is 0. The van der Waals surface area contributed by atoms with Crippen LogP contribution in [0.3, 0.4) is 0 Å². The lowest BCUT2D eigenvalue weighted by atomic mass is 10.1. The van der Waals surface area contributed by atoms with Gasteiger partial charge in [0.15, 0.2) is 0 Å². The Labute approximate surface area is 136 Å². The Hall–Kier alpha value is -3.21. The SMILES string of the molecule is O=C1c2[nH]c3ccccc3c2C[C@@H]1N1C(=O)c2ccccc2C1=O. The Kier molecular flexibility index (Phi) is 2.44. The van der Waals surface area contributed by atoms with Crippen LogP contribution in [0.1, 0.15) is 36.8 Å². The number of fused-ring (bicyclic) bond motifs is 4. The molecule has 2 heterocycles. The highest BCUT2D eigenvalue weighted by atomic mass is 16.2. The fourth-order valence-corrected chi connectivity index (χ4v) is 3.77. The van der Waals surface area contributed by atoms with Gasteiger partial charge in [0.1, 0.15) is 6.04 Å². The first-order valence-electron chi connectivity index (χ1n) is 7.77. The molecule has 116 valence electrons. The Bertz CT molecular complexity index is 1030. The van der Waals surface area contributed by atoms with Crippen LogP contribution in [-0.2, 0) is 6.42 Å². The molecule has 5 rings (SSSR count). The molecule has 0 bridgehead atoms. The van der Waals surface area contributed by atoms with Gasteiger partial charge in [-0.1, -0.05) is 30.3 Å². The van der Waals surface area contributed by atoms with Crippen molar-refractivity contribution in [2.45, 2.75) is 12.5 Å². The van der Waals surface area contributed by atoms with Crippen LogP contribution in [0.5, 0.6) is 0 Å². The number of H-pyrrole nitrogens is 1. The molecule has 5 heteroatoms. The maximum atomic E-state index is 12.8. The molecule has 24 heavy (non-hydrogen) atoms. The van der Waals surface area contributed by atoms with Gasteiger partial charge in [0.25, 0.3) is 11.8 Å². The predicted molar refractivity (Wildman–Crippen MR) is 87.1 cm³/mol. The Morgan fingerprint density at radius 2 is 1.50 bits per heavy atom. The van der Waals surface area contributed by atoms with Gasteiger partial charge >= 0.3 is 0 Å². The van der Waals surface area contributed by atoms with E-state index in [0.717, 1.165) is 21.4 Å². The fourth-order valence-electron chi connectivity index (χ4n) is 3.77. The lowest BCUT2D eigenvalue weighted by Crippen LogP contribution is -2.43. The van der Waals surface area contributed by atoms with Gasteiger partial charge in [0.2, 0.25) is 5.78 Å². The van der Waals surface area contributed by atoms with Crippen LogP contribution >= 0.6 is 0 Å². The Morgan fingerprint density at radius 3 is 2.21 bits per heavy atom. The van der Waals surface area contributed by atoms with Crippen molar-refractivity contribution in [3.8, 4) is 0 Å². The molecule has 1 aliphatic heterocycles. The number of nitrogens with one attached hydrogen (secondary N) is 1. The average molecular weight is 316 g/mol. The molecule has 0 saturated heterocycles. The maximum absolute atomic E-state index is 12.8. The van der Waals surface area contributed by atoms with Gasteiger partial charge in [-0.2, -0.15) is 0 Å². The molecule has 0 radical (unpaired) electrons. The molecule has 0 unspecified atom stereocenters. The van der Waals surface area contributed by atoms with Gasteiger partial charge in [-0.3, -0.25) is 19.3 Å². The summed E-state index contributed by atoms with van der Waals surface area (Å²) in [6.07, 6.45) is 0.365. The zero-order valence-electron chi connectivity index (χ0n) is 12.6. The number of hydrogen-bond donors (Lipinski definition) is 1. The van der Waals surface area contributed by atoms with E-state index in [9.17, 15) is 14.4 Å². The summed E-state index contributed by atoms with van der Waals surface area (Å²) in [4.78, 5) is 42.3. The van der Waals surface area contributed by atoms with Crippen molar-refractivity contribution >= 4 is 28.5 Å². The van der Waals surface area contributed by atoms with E-state index in [1.807, 2.05) is 24.3 Å². The first-order chi connectivity index (χ1) is 11.7. The number of rotatable bonds is 1. The highest BCUT2D eigenvalue weighted by Gasteiger charge is 2.46. The van der Waals surface area contributed by atoms with E-state index >= 15 is 0 Å². The molecule has 2 aliphatic rings. The zero-order valence-corrected chi connectivity index (χ0v) is 12.6. The van der Waals surface area contributed by atoms with Crippen LogP contribution in [0, 0.1) is 0 Å². The highest BCUT2D eigenvalue weighted by molar-refractivity contribution is 6.24. The van der Waals surface area contributed by atoms with Crippen molar-refractivity contribution in [1.29, 1.82) is 0 Å². The molecule has 1 atom stereocenters. The van der Waals surface area contributed by atoms with Crippen LogP contribution in [0.15, 0.2) is 48.5 Å². The predicted octanol–water partition coefficient (Wildman–Crippen LogP) is 2.57. The summed E-state index contributed by atoms with van der Waals surface area (Å²) >= 11 is 0. The molecule has 0 fully saturated rings. The molecule has 2 aromatic carbocycles. The second-order valence-corrected chi connectivity index (χ2v) is 6.13. The average Bonchev–Trinajstić information content (AvgIpc) is 3.20. The number of Topliss-reactive ketones (excluding diaryl/α,β-unsaturated/α-hetero) is 1. The third-order valence-electron chi connectivity index (χ3n) is 4.90. The van der Waals surface area contributed by atoms with E-state index in [0.29, 0.717) is 23.2 Å². The monoisotopic (exact) mass is 316 g/mol. The van der Waals surface area contributed by atoms with Gasteiger partial charge in [0, 0.05) is 17.3 Å². The lowest BCUT2D eigenvalue weighted by Gasteiger charge is -2.20. The molecule has 1 N–H and O–H groups in total. The number of amides is 2. The molecule has 1 aromatic heterocycles. The molecule has 1 aliphatic carbocycles. The third-order valence-corrected chi connectivity index (χ3v) is 4.90. The van der Waals surface area contributed by atoms with Crippen LogP contribution in [-0.4, -0.2) is 33.5 Å². The van der Waals surface area contributed by atoms with Crippen LogP contribution in [0.25, 0.3) is 10.9 Å². The summed E-state index contributed by atoms with van der Waals surface area (Å²) in [5, 5.41) is 0.972. The molecule has 3 aromatic rings. The third kappa shape index (κ3) is 1.51. The number of benzene rings is 2. The lowest BCUT2D eigenvalue weighted by molar-refractivity contribution is 0.0550. The smallest absolute Gasteiger partial charge is 0.262 e. The van der Waals surface area contributed by atoms with Crippen LogP contribution in [0.4, 0.5) is 0 Å². The normalized spacial score (nSPS) is 19.2. The van der Waals surface area contributed by atoms with E-state index in [-0.39, 0.29) is 17.6 Å².